The summed E-state index contributed by atoms with van der Waals surface area (Å²) in [6.45, 7) is 6.88. The lowest BCUT2D eigenvalue weighted by atomic mass is 9.71. The van der Waals surface area contributed by atoms with E-state index in [1.807, 2.05) is 6.92 Å². The molecular weight excluding hydrogens is 202 g/mol. The third-order valence-corrected chi connectivity index (χ3v) is 3.70. The highest BCUT2D eigenvalue weighted by atomic mass is 16.5. The summed E-state index contributed by atoms with van der Waals surface area (Å²) >= 11 is 0. The number of rotatable bonds is 4. The minimum absolute atomic E-state index is 0.0184. The molecule has 0 spiro atoms. The Morgan fingerprint density at radius 1 is 1.44 bits per heavy atom. The van der Waals surface area contributed by atoms with Gasteiger partial charge in [0.1, 0.15) is 0 Å². The van der Waals surface area contributed by atoms with Crippen molar-refractivity contribution < 1.29 is 9.53 Å². The first-order valence-corrected chi connectivity index (χ1v) is 6.36. The number of hydrogen-bond donors (Lipinski definition) is 1. The third kappa shape index (κ3) is 4.12. The Bertz CT molecular complexity index is 228. The summed E-state index contributed by atoms with van der Waals surface area (Å²) in [5.41, 5.74) is 6.53. The summed E-state index contributed by atoms with van der Waals surface area (Å²) in [7, 11) is 0. The molecule has 3 heteroatoms. The van der Waals surface area contributed by atoms with Crippen LogP contribution < -0.4 is 5.73 Å². The first-order valence-electron chi connectivity index (χ1n) is 6.36. The molecule has 0 aromatic heterocycles. The van der Waals surface area contributed by atoms with E-state index < -0.39 is 0 Å². The molecule has 1 atom stereocenters. The zero-order valence-electron chi connectivity index (χ0n) is 10.8. The predicted molar refractivity (Wildman–Crippen MR) is 65.0 cm³/mol. The van der Waals surface area contributed by atoms with Crippen LogP contribution in [0.4, 0.5) is 0 Å². The fourth-order valence-corrected chi connectivity index (χ4v) is 2.43. The molecule has 0 aromatic rings. The van der Waals surface area contributed by atoms with Crippen LogP contribution >= 0.6 is 0 Å². The monoisotopic (exact) mass is 227 g/mol. The number of nitrogens with two attached hydrogens (primary N) is 1. The third-order valence-electron chi connectivity index (χ3n) is 3.70. The smallest absolute Gasteiger partial charge is 0.307 e. The van der Waals surface area contributed by atoms with Gasteiger partial charge in [0.25, 0.3) is 0 Å². The van der Waals surface area contributed by atoms with Gasteiger partial charge in [0, 0.05) is 6.04 Å². The van der Waals surface area contributed by atoms with Crippen molar-refractivity contribution in [3.05, 3.63) is 0 Å². The van der Waals surface area contributed by atoms with Gasteiger partial charge in [-0.25, -0.2) is 0 Å². The lowest BCUT2D eigenvalue weighted by molar-refractivity contribution is -0.143. The number of carbonyl (C=O) groups is 1. The summed E-state index contributed by atoms with van der Waals surface area (Å²) in [6.07, 6.45) is 5.10. The summed E-state index contributed by atoms with van der Waals surface area (Å²) in [5, 5.41) is 0. The maximum atomic E-state index is 11.3. The van der Waals surface area contributed by atoms with Crippen LogP contribution in [-0.2, 0) is 9.53 Å². The average Bonchev–Trinajstić information content (AvgIpc) is 2.17. The summed E-state index contributed by atoms with van der Waals surface area (Å²) in [4.78, 5) is 11.3. The molecule has 1 unspecified atom stereocenters. The molecular formula is C13H25NO2. The highest BCUT2D eigenvalue weighted by Crippen LogP contribution is 2.39. The molecule has 16 heavy (non-hydrogen) atoms. The van der Waals surface area contributed by atoms with Crippen molar-refractivity contribution in [3.63, 3.8) is 0 Å². The van der Waals surface area contributed by atoms with Crippen LogP contribution in [0.15, 0.2) is 0 Å². The standard InChI is InChI=1S/C13H25NO2/c1-4-16-12(15)9-11(14)10-5-7-13(2,3)8-6-10/h10-11H,4-9,14H2,1-3H3. The van der Waals surface area contributed by atoms with E-state index in [2.05, 4.69) is 13.8 Å². The van der Waals surface area contributed by atoms with Crippen molar-refractivity contribution in [1.29, 1.82) is 0 Å². The van der Waals surface area contributed by atoms with Gasteiger partial charge >= 0.3 is 5.97 Å². The van der Waals surface area contributed by atoms with Gasteiger partial charge in [0.2, 0.25) is 0 Å². The Hall–Kier alpha value is -0.570. The molecule has 1 saturated carbocycles. The number of hydrogen-bond acceptors (Lipinski definition) is 3. The maximum absolute atomic E-state index is 11.3. The average molecular weight is 227 g/mol. The lowest BCUT2D eigenvalue weighted by Gasteiger charge is -2.36. The van der Waals surface area contributed by atoms with Crippen LogP contribution in [0, 0.1) is 11.3 Å². The highest BCUT2D eigenvalue weighted by Gasteiger charge is 2.30. The van der Waals surface area contributed by atoms with Crippen LogP contribution in [0.2, 0.25) is 0 Å². The second-order valence-corrected chi connectivity index (χ2v) is 5.67. The number of carbonyl (C=O) groups excluding carboxylic acids is 1. The van der Waals surface area contributed by atoms with E-state index in [1.54, 1.807) is 0 Å². The van der Waals surface area contributed by atoms with Gasteiger partial charge in [-0.15, -0.1) is 0 Å². The molecule has 0 radical (unpaired) electrons. The van der Waals surface area contributed by atoms with E-state index in [-0.39, 0.29) is 12.0 Å². The quantitative estimate of drug-likeness (QED) is 0.751. The van der Waals surface area contributed by atoms with Crippen LogP contribution in [0.5, 0.6) is 0 Å². The molecule has 0 heterocycles. The zero-order chi connectivity index (χ0) is 12.2. The molecule has 1 fully saturated rings. The fourth-order valence-electron chi connectivity index (χ4n) is 2.43. The molecule has 0 saturated heterocycles. The van der Waals surface area contributed by atoms with E-state index in [0.29, 0.717) is 24.4 Å². The molecule has 0 bridgehead atoms. The molecule has 1 aliphatic carbocycles. The van der Waals surface area contributed by atoms with E-state index in [0.717, 1.165) is 12.8 Å². The van der Waals surface area contributed by atoms with Gasteiger partial charge < -0.3 is 10.5 Å². The number of esters is 1. The molecule has 0 aromatic carbocycles. The Morgan fingerprint density at radius 3 is 2.50 bits per heavy atom. The van der Waals surface area contributed by atoms with Crippen molar-refractivity contribution in [2.24, 2.45) is 17.1 Å². The molecule has 1 rings (SSSR count). The fraction of sp³-hybridized carbons (Fsp3) is 0.923. The van der Waals surface area contributed by atoms with Crippen LogP contribution in [-0.4, -0.2) is 18.6 Å². The second-order valence-electron chi connectivity index (χ2n) is 5.67. The first kappa shape index (κ1) is 13.5. The van der Waals surface area contributed by atoms with Gasteiger partial charge in [-0.1, -0.05) is 13.8 Å². The van der Waals surface area contributed by atoms with E-state index >= 15 is 0 Å². The van der Waals surface area contributed by atoms with Crippen molar-refractivity contribution in [1.82, 2.24) is 0 Å². The summed E-state index contributed by atoms with van der Waals surface area (Å²) < 4.78 is 4.93. The predicted octanol–water partition coefficient (Wildman–Crippen LogP) is 2.48. The van der Waals surface area contributed by atoms with Crippen molar-refractivity contribution in [2.45, 2.75) is 58.9 Å². The maximum Gasteiger partial charge on any atom is 0.307 e. The first-order chi connectivity index (χ1) is 7.44. The van der Waals surface area contributed by atoms with E-state index in [9.17, 15) is 4.79 Å². The highest BCUT2D eigenvalue weighted by molar-refractivity contribution is 5.70. The minimum atomic E-state index is -0.153. The topological polar surface area (TPSA) is 52.3 Å². The minimum Gasteiger partial charge on any atom is -0.466 e. The lowest BCUT2D eigenvalue weighted by Crippen LogP contribution is -2.36. The molecule has 0 amide bonds. The van der Waals surface area contributed by atoms with Crippen LogP contribution in [0.25, 0.3) is 0 Å². The van der Waals surface area contributed by atoms with Gasteiger partial charge in [-0.05, 0) is 43.9 Å². The van der Waals surface area contributed by atoms with E-state index in [4.69, 9.17) is 10.5 Å². The number of ether oxygens (including phenoxy) is 1. The second kappa shape index (κ2) is 5.67. The molecule has 94 valence electrons. The van der Waals surface area contributed by atoms with Gasteiger partial charge in [-0.2, -0.15) is 0 Å². The molecule has 3 nitrogen and oxygen atoms in total. The van der Waals surface area contributed by atoms with Gasteiger partial charge in [0.15, 0.2) is 0 Å². The molecule has 2 N–H and O–H groups in total. The van der Waals surface area contributed by atoms with Crippen molar-refractivity contribution in [2.75, 3.05) is 6.61 Å². The Morgan fingerprint density at radius 2 is 2.00 bits per heavy atom. The van der Waals surface area contributed by atoms with Crippen molar-refractivity contribution >= 4 is 5.97 Å². The SMILES string of the molecule is CCOC(=O)CC(N)C1CCC(C)(C)CC1. The normalized spacial score (nSPS) is 22.8. The van der Waals surface area contributed by atoms with Crippen molar-refractivity contribution in [3.8, 4) is 0 Å². The summed E-state index contributed by atoms with van der Waals surface area (Å²) in [6, 6.07) is -0.0184. The Labute approximate surface area is 98.7 Å². The summed E-state index contributed by atoms with van der Waals surface area (Å²) in [5.74, 6) is 0.345. The van der Waals surface area contributed by atoms with Gasteiger partial charge in [-0.3, -0.25) is 4.79 Å². The molecule has 0 aliphatic heterocycles. The van der Waals surface area contributed by atoms with Gasteiger partial charge in [0.05, 0.1) is 13.0 Å². The molecule has 1 aliphatic rings. The van der Waals surface area contributed by atoms with E-state index in [1.165, 1.54) is 12.8 Å². The van der Waals surface area contributed by atoms with Crippen LogP contribution in [0.1, 0.15) is 52.9 Å². The Balaban J connectivity index is 2.33. The Kier molecular flexibility index (Phi) is 4.78. The van der Waals surface area contributed by atoms with Crippen LogP contribution in [0.3, 0.4) is 0 Å². The zero-order valence-corrected chi connectivity index (χ0v) is 10.8. The largest absolute Gasteiger partial charge is 0.466 e.